The Bertz CT molecular complexity index is 2080. The maximum atomic E-state index is 6.72. The lowest BCUT2D eigenvalue weighted by Gasteiger charge is -2.36. The van der Waals surface area contributed by atoms with E-state index in [0.29, 0.717) is 0 Å². The van der Waals surface area contributed by atoms with Crippen molar-refractivity contribution in [3.8, 4) is 11.4 Å². The first-order chi connectivity index (χ1) is 18.4. The van der Waals surface area contributed by atoms with Gasteiger partial charge in [-0.05, 0) is 87.4 Å². The second-order valence-electron chi connectivity index (χ2n) is 11.6. The van der Waals surface area contributed by atoms with Gasteiger partial charge in [0.05, 0.1) is 33.4 Å². The molecule has 3 nitrogen and oxygen atoms in total. The van der Waals surface area contributed by atoms with Gasteiger partial charge < -0.3 is 14.9 Å². The van der Waals surface area contributed by atoms with E-state index in [9.17, 15) is 0 Å². The molecule has 0 fully saturated rings. The first-order valence-electron chi connectivity index (χ1n) is 13.4. The van der Waals surface area contributed by atoms with E-state index in [2.05, 4.69) is 110 Å². The Morgan fingerprint density at radius 2 is 0.974 bits per heavy atom. The first-order valence-corrected chi connectivity index (χ1v) is 13.4. The van der Waals surface area contributed by atoms with E-state index in [1.807, 2.05) is 0 Å². The quantitative estimate of drug-likeness (QED) is 0.213. The molecule has 0 amide bonds. The molecule has 5 aromatic carbocycles. The molecule has 9 rings (SSSR count). The number of hydrogen-bond donors (Lipinski definition) is 1. The fourth-order valence-corrected chi connectivity index (χ4v) is 7.61. The van der Waals surface area contributed by atoms with Crippen LogP contribution in [0.2, 0.25) is 0 Å². The molecule has 2 aliphatic rings. The van der Waals surface area contributed by atoms with E-state index < -0.39 is 0 Å². The molecule has 182 valence electrons. The number of benzene rings is 5. The summed E-state index contributed by atoms with van der Waals surface area (Å²) in [5.74, 6) is 0.154. The van der Waals surface area contributed by atoms with Gasteiger partial charge in [-0.1, -0.05) is 46.5 Å². The van der Waals surface area contributed by atoms with Crippen molar-refractivity contribution in [3.63, 3.8) is 0 Å². The van der Waals surface area contributed by atoms with Crippen molar-refractivity contribution < 1.29 is 0 Å². The Morgan fingerprint density at radius 3 is 1.45 bits per heavy atom. The summed E-state index contributed by atoms with van der Waals surface area (Å²) >= 11 is 0. The smallest absolute Gasteiger partial charge is 0.0583 e. The minimum atomic E-state index is 0.154. The van der Waals surface area contributed by atoms with Gasteiger partial charge >= 0.3 is 0 Å². The molecule has 38 heavy (non-hydrogen) atoms. The van der Waals surface area contributed by atoms with Gasteiger partial charge in [-0.2, -0.15) is 0 Å². The van der Waals surface area contributed by atoms with Crippen LogP contribution in [0.4, 0.5) is 5.69 Å². The van der Waals surface area contributed by atoms with Crippen molar-refractivity contribution in [2.75, 3.05) is 5.73 Å². The van der Waals surface area contributed by atoms with E-state index in [1.165, 1.54) is 93.9 Å². The van der Waals surface area contributed by atoms with Crippen LogP contribution in [-0.4, -0.2) is 9.13 Å². The van der Waals surface area contributed by atoms with Gasteiger partial charge in [0.2, 0.25) is 0 Å². The van der Waals surface area contributed by atoms with Gasteiger partial charge in [-0.25, -0.2) is 0 Å². The largest absolute Gasteiger partial charge is 0.399 e. The summed E-state index contributed by atoms with van der Waals surface area (Å²) in [5.41, 5.74) is 24.4. The number of aromatic nitrogens is 2. The number of nitrogen functional groups attached to an aromatic ring is 1. The van der Waals surface area contributed by atoms with Crippen molar-refractivity contribution in [1.82, 2.24) is 9.13 Å². The number of anilines is 1. The molecular formula is C35H27N3. The van der Waals surface area contributed by atoms with Crippen LogP contribution in [-0.2, 0) is 0 Å². The minimum absolute atomic E-state index is 0.154. The monoisotopic (exact) mass is 489 g/mol. The van der Waals surface area contributed by atoms with E-state index in [-0.39, 0.29) is 5.92 Å². The third-order valence-corrected chi connectivity index (χ3v) is 8.93. The average molecular weight is 490 g/mol. The van der Waals surface area contributed by atoms with Gasteiger partial charge in [-0.3, -0.25) is 0 Å². The third kappa shape index (κ3) is 2.27. The van der Waals surface area contributed by atoms with Crippen LogP contribution >= 0.6 is 0 Å². The molecule has 0 saturated carbocycles. The predicted molar refractivity (Wildman–Crippen MR) is 159 cm³/mol. The topological polar surface area (TPSA) is 35.9 Å². The average Bonchev–Trinajstić information content (AvgIpc) is 3.37. The zero-order valence-corrected chi connectivity index (χ0v) is 22.0. The van der Waals surface area contributed by atoms with Gasteiger partial charge in [-0.15, -0.1) is 0 Å². The summed E-state index contributed by atoms with van der Waals surface area (Å²) in [6.07, 6.45) is 0. The number of hydrogen-bond acceptors (Lipinski definition) is 1. The SMILES string of the molecule is Cc1ccc2c(c1)c1cc(C)cc3c1n2-c1cc(N)cc2c1C3c1cc(C)cc3c4cc(C)ccc4n-2c13. The van der Waals surface area contributed by atoms with Crippen LogP contribution in [0, 0.1) is 27.7 Å². The molecule has 7 aromatic rings. The fraction of sp³-hybridized carbons (Fsp3) is 0.143. The molecule has 3 heteroatoms. The highest BCUT2D eigenvalue weighted by Gasteiger charge is 2.38. The molecule has 0 spiro atoms. The summed E-state index contributed by atoms with van der Waals surface area (Å²) < 4.78 is 4.97. The lowest BCUT2D eigenvalue weighted by molar-refractivity contribution is 0.882. The van der Waals surface area contributed by atoms with Crippen LogP contribution in [0.5, 0.6) is 0 Å². The lowest BCUT2D eigenvalue weighted by Crippen LogP contribution is -2.22. The highest BCUT2D eigenvalue weighted by atomic mass is 15.0. The van der Waals surface area contributed by atoms with Crippen molar-refractivity contribution in [2.45, 2.75) is 33.6 Å². The van der Waals surface area contributed by atoms with Crippen LogP contribution in [0.25, 0.3) is 55.0 Å². The molecule has 0 radical (unpaired) electrons. The molecule has 0 atom stereocenters. The van der Waals surface area contributed by atoms with Crippen LogP contribution in [0.3, 0.4) is 0 Å². The highest BCUT2D eigenvalue weighted by molar-refractivity contribution is 6.15. The van der Waals surface area contributed by atoms with Gasteiger partial charge in [0, 0.05) is 38.7 Å². The van der Waals surface area contributed by atoms with Crippen molar-refractivity contribution in [1.29, 1.82) is 0 Å². The van der Waals surface area contributed by atoms with Crippen molar-refractivity contribution in [3.05, 3.63) is 112 Å². The Morgan fingerprint density at radius 1 is 0.526 bits per heavy atom. The molecule has 0 aliphatic carbocycles. The molecule has 0 bridgehead atoms. The lowest BCUT2D eigenvalue weighted by atomic mass is 9.77. The van der Waals surface area contributed by atoms with E-state index in [1.54, 1.807) is 0 Å². The zero-order valence-electron chi connectivity index (χ0n) is 22.0. The Kier molecular flexibility index (Phi) is 3.51. The number of nitrogens with zero attached hydrogens (tertiary/aromatic N) is 2. The summed E-state index contributed by atoms with van der Waals surface area (Å²) in [7, 11) is 0. The first kappa shape index (κ1) is 20.5. The van der Waals surface area contributed by atoms with Gasteiger partial charge in [0.25, 0.3) is 0 Å². The van der Waals surface area contributed by atoms with Gasteiger partial charge in [0.15, 0.2) is 0 Å². The van der Waals surface area contributed by atoms with E-state index in [0.717, 1.165) is 5.69 Å². The number of aryl methyl sites for hydroxylation is 4. The maximum Gasteiger partial charge on any atom is 0.0583 e. The second-order valence-corrected chi connectivity index (χ2v) is 11.6. The second kappa shape index (κ2) is 6.49. The molecule has 0 unspecified atom stereocenters. The van der Waals surface area contributed by atoms with Crippen molar-refractivity contribution in [2.24, 2.45) is 0 Å². The highest BCUT2D eigenvalue weighted by Crippen LogP contribution is 2.55. The molecule has 2 N–H and O–H groups in total. The molecule has 2 aromatic heterocycles. The maximum absolute atomic E-state index is 6.72. The van der Waals surface area contributed by atoms with Crippen LogP contribution < -0.4 is 5.73 Å². The molecule has 4 heterocycles. The summed E-state index contributed by atoms with van der Waals surface area (Å²) in [4.78, 5) is 0. The van der Waals surface area contributed by atoms with Crippen LogP contribution in [0.15, 0.2) is 72.8 Å². The zero-order chi connectivity index (χ0) is 25.6. The Balaban J connectivity index is 1.58. The number of rotatable bonds is 0. The summed E-state index contributed by atoms with van der Waals surface area (Å²) in [6.45, 7) is 8.85. The predicted octanol–water partition coefficient (Wildman–Crippen LogP) is 8.50. The third-order valence-electron chi connectivity index (χ3n) is 8.93. The summed E-state index contributed by atoms with van der Waals surface area (Å²) in [5, 5.41) is 5.29. The Labute approximate surface area is 220 Å². The molecule has 2 aliphatic heterocycles. The number of fused-ring (bicyclic) bond motifs is 10. The molecular weight excluding hydrogens is 462 g/mol. The molecule has 0 saturated heterocycles. The van der Waals surface area contributed by atoms with Crippen molar-refractivity contribution >= 4 is 49.3 Å². The van der Waals surface area contributed by atoms with Crippen LogP contribution in [0.1, 0.15) is 44.9 Å². The number of nitrogens with two attached hydrogens (primary N) is 1. The standard InChI is InChI=1S/C35H27N3/c1-17-5-7-28-22(9-17)24-11-19(3)13-26-32-27-14-20(4)12-25-23-10-18(2)6-8-29(23)38(35(25)27)31-16-21(36)15-30(33(31)32)37(28)34(24)26/h5-16,32H,36H2,1-4H3. The Hall–Kier alpha value is -4.50. The normalized spacial score (nSPS) is 13.8. The van der Waals surface area contributed by atoms with E-state index in [4.69, 9.17) is 5.73 Å². The minimum Gasteiger partial charge on any atom is -0.399 e. The summed E-state index contributed by atoms with van der Waals surface area (Å²) in [6, 6.07) is 27.7. The van der Waals surface area contributed by atoms with Gasteiger partial charge in [0.1, 0.15) is 0 Å². The fourth-order valence-electron chi connectivity index (χ4n) is 7.61. The van der Waals surface area contributed by atoms with E-state index >= 15 is 0 Å².